The predicted octanol–water partition coefficient (Wildman–Crippen LogP) is 7.39. The number of carboxylic acid groups (broad SMARTS) is 1. The van der Waals surface area contributed by atoms with E-state index in [9.17, 15) is 23.6 Å². The first kappa shape index (κ1) is 44.5. The van der Waals surface area contributed by atoms with Gasteiger partial charge >= 0.3 is 18.6 Å². The van der Waals surface area contributed by atoms with E-state index in [4.69, 9.17) is 52.1 Å². The van der Waals surface area contributed by atoms with Crippen LogP contribution in [0.3, 0.4) is 0 Å². The molecule has 1 saturated carbocycles. The molecule has 2 N–H and O–H groups in total. The highest BCUT2D eigenvalue weighted by atomic mass is 35.5. The highest BCUT2D eigenvalue weighted by Crippen LogP contribution is 2.38. The number of aromatic nitrogens is 1. The topological polar surface area (TPSA) is 151 Å². The van der Waals surface area contributed by atoms with Gasteiger partial charge in [-0.05, 0) is 85.5 Å². The van der Waals surface area contributed by atoms with Gasteiger partial charge in [0.25, 0.3) is 6.47 Å². The van der Waals surface area contributed by atoms with Gasteiger partial charge in [0.15, 0.2) is 23.9 Å². The summed E-state index contributed by atoms with van der Waals surface area (Å²) in [6.45, 7) is -0.244. The smallest absolute Gasteiger partial charge is 0.387 e. The number of rotatable bonds is 17. The van der Waals surface area contributed by atoms with Crippen LogP contribution in [0.4, 0.5) is 13.2 Å². The van der Waals surface area contributed by atoms with E-state index < -0.39 is 36.5 Å². The zero-order valence-electron chi connectivity index (χ0n) is 32.3. The fourth-order valence-corrected chi connectivity index (χ4v) is 7.99. The van der Waals surface area contributed by atoms with Gasteiger partial charge < -0.3 is 29.3 Å². The van der Waals surface area contributed by atoms with Crippen LogP contribution in [-0.2, 0) is 43.2 Å². The van der Waals surface area contributed by atoms with E-state index in [1.54, 1.807) is 36.4 Å². The molecule has 8 rings (SSSR count). The van der Waals surface area contributed by atoms with E-state index in [1.165, 1.54) is 24.3 Å². The number of hydrogen-bond donors (Lipinski definition) is 2. The third-order valence-electron chi connectivity index (χ3n) is 10.6. The van der Waals surface area contributed by atoms with E-state index in [2.05, 4.69) is 10.2 Å². The van der Waals surface area contributed by atoms with Crippen molar-refractivity contribution in [3.8, 4) is 11.5 Å². The van der Waals surface area contributed by atoms with E-state index in [0.29, 0.717) is 40.5 Å². The minimum absolute atomic E-state index is 0.0444. The highest BCUT2D eigenvalue weighted by molar-refractivity contribution is 6.35. The number of benzene rings is 3. The number of carbonyl (C=O) groups excluding carboxylic acids is 2. The van der Waals surface area contributed by atoms with Crippen molar-refractivity contribution in [3.05, 3.63) is 128 Å². The molecule has 320 valence electrons. The Kier molecular flexibility index (Phi) is 15.5. The summed E-state index contributed by atoms with van der Waals surface area (Å²) >= 11 is 12.8. The van der Waals surface area contributed by atoms with Crippen molar-refractivity contribution < 1.29 is 56.3 Å². The standard InChI is InChI=1S/C42H42Cl2F3N3O7.CH2O2/c43-32-21-50(53)22-33(44)31(32)19-36(29-10-11-35(57-42(46)47)37(18-29)54-24-25-8-9-25)55-39(51)17-26-4-3-5-27(16-26)20-48-40(30-6-1-2-7-34(30)45)41(52)56-38-23-49-14-12-28(38)13-15-49;2-1-3/h1-7,10-11,16,18,21-22,25,28,36,38,40,42,48H,8-9,12-15,17,19-20,23-24H2;1H,(H,2,3)/t36?,38-,40?;/m0./s1. The summed E-state index contributed by atoms with van der Waals surface area (Å²) in [6.07, 6.45) is 4.58. The Morgan fingerprint density at radius 2 is 1.67 bits per heavy atom. The Bertz CT molecular complexity index is 2100. The van der Waals surface area contributed by atoms with Crippen LogP contribution in [0.15, 0.2) is 79.1 Å². The van der Waals surface area contributed by atoms with Crippen molar-refractivity contribution in [2.45, 2.75) is 69.9 Å². The lowest BCUT2D eigenvalue weighted by Crippen LogP contribution is -2.52. The summed E-state index contributed by atoms with van der Waals surface area (Å²) in [6, 6.07) is 16.4. The van der Waals surface area contributed by atoms with E-state index >= 15 is 4.39 Å². The second-order valence-electron chi connectivity index (χ2n) is 14.9. The SMILES string of the molecule is O=C(Cc1cccc(CNC(C(=O)O[C@H]2CN3CCC2CC3)c2ccccc2F)c1)OC(Cc1c(Cl)c[n+]([O-])cc1Cl)c1ccc(OC(F)F)c(OCC2CC2)c1.O=CO. The molecule has 3 aromatic carbocycles. The van der Waals surface area contributed by atoms with Crippen molar-refractivity contribution in [2.75, 3.05) is 26.2 Å². The summed E-state index contributed by atoms with van der Waals surface area (Å²) in [5, 5.41) is 22.1. The van der Waals surface area contributed by atoms with Gasteiger partial charge in [0.05, 0.1) is 13.0 Å². The Hall–Kier alpha value is -5.09. The normalized spacial score (nSPS) is 19.1. The molecule has 0 radical (unpaired) electrons. The first-order valence-corrected chi connectivity index (χ1v) is 20.2. The highest BCUT2D eigenvalue weighted by Gasteiger charge is 2.38. The number of esters is 2. The number of alkyl halides is 2. The number of pyridine rings is 1. The maximum Gasteiger partial charge on any atom is 0.387 e. The maximum absolute atomic E-state index is 15.1. The Morgan fingerprint density at radius 3 is 2.32 bits per heavy atom. The van der Waals surface area contributed by atoms with Crippen molar-refractivity contribution in [3.63, 3.8) is 0 Å². The van der Waals surface area contributed by atoms with Crippen molar-refractivity contribution >= 4 is 41.6 Å². The van der Waals surface area contributed by atoms with Gasteiger partial charge in [-0.25, -0.2) is 9.18 Å². The average molecular weight is 875 g/mol. The summed E-state index contributed by atoms with van der Waals surface area (Å²) in [7, 11) is 0. The van der Waals surface area contributed by atoms with Gasteiger partial charge in [0, 0.05) is 30.6 Å². The Balaban J connectivity index is 0.00000195. The van der Waals surface area contributed by atoms with Crippen LogP contribution in [0.5, 0.6) is 11.5 Å². The predicted molar refractivity (Wildman–Crippen MR) is 213 cm³/mol. The second-order valence-corrected chi connectivity index (χ2v) is 15.7. The summed E-state index contributed by atoms with van der Waals surface area (Å²) in [5.74, 6) is -1.24. The van der Waals surface area contributed by atoms with Crippen LogP contribution in [0.25, 0.3) is 0 Å². The number of nitrogens with zero attached hydrogens (tertiary/aromatic N) is 2. The van der Waals surface area contributed by atoms with Gasteiger partial charge in [0.1, 0.15) is 34.1 Å². The summed E-state index contributed by atoms with van der Waals surface area (Å²) in [4.78, 5) is 37.9. The zero-order chi connectivity index (χ0) is 42.8. The number of hydrogen-bond acceptors (Lipinski definition) is 10. The quantitative estimate of drug-likeness (QED) is 0.0473. The molecular formula is C43H44Cl2F3N3O9. The van der Waals surface area contributed by atoms with Crippen LogP contribution in [-0.4, -0.2) is 67.4 Å². The average Bonchev–Trinajstić information content (AvgIpc) is 4.05. The summed E-state index contributed by atoms with van der Waals surface area (Å²) in [5.41, 5.74) is 2.21. The number of ether oxygens (including phenoxy) is 4. The van der Waals surface area contributed by atoms with Crippen molar-refractivity contribution in [1.29, 1.82) is 0 Å². The van der Waals surface area contributed by atoms with Crippen LogP contribution in [0.1, 0.15) is 65.6 Å². The molecule has 12 nitrogen and oxygen atoms in total. The third kappa shape index (κ3) is 12.2. The monoisotopic (exact) mass is 873 g/mol. The molecule has 17 heteroatoms. The fourth-order valence-electron chi connectivity index (χ4n) is 7.39. The van der Waals surface area contributed by atoms with E-state index in [-0.39, 0.29) is 65.0 Å². The number of fused-ring (bicyclic) bond motifs is 3. The molecule has 3 atom stereocenters. The molecule has 60 heavy (non-hydrogen) atoms. The van der Waals surface area contributed by atoms with Crippen molar-refractivity contribution in [1.82, 2.24) is 10.2 Å². The lowest BCUT2D eigenvalue weighted by Gasteiger charge is -2.44. The molecule has 4 fully saturated rings. The number of halogens is 5. The molecule has 2 bridgehead atoms. The zero-order valence-corrected chi connectivity index (χ0v) is 33.8. The lowest BCUT2D eigenvalue weighted by atomic mass is 9.86. The molecule has 0 spiro atoms. The largest absolute Gasteiger partial charge is 0.619 e. The summed E-state index contributed by atoms with van der Waals surface area (Å²) < 4.78 is 64.7. The van der Waals surface area contributed by atoms with Crippen LogP contribution in [0.2, 0.25) is 10.0 Å². The van der Waals surface area contributed by atoms with Gasteiger partial charge in [0.2, 0.25) is 0 Å². The molecule has 3 aliphatic heterocycles. The van der Waals surface area contributed by atoms with Crippen LogP contribution >= 0.6 is 23.2 Å². The fraction of sp³-hybridized carbons (Fsp3) is 0.395. The van der Waals surface area contributed by atoms with E-state index in [0.717, 1.165) is 56.7 Å². The van der Waals surface area contributed by atoms with Gasteiger partial charge in [-0.15, -0.1) is 0 Å². The number of nitrogens with one attached hydrogen (secondary N) is 1. The van der Waals surface area contributed by atoms with Crippen molar-refractivity contribution in [2.24, 2.45) is 11.8 Å². The molecule has 4 heterocycles. The first-order chi connectivity index (χ1) is 28.9. The molecule has 4 aliphatic rings. The maximum atomic E-state index is 15.1. The minimum Gasteiger partial charge on any atom is -0.619 e. The van der Waals surface area contributed by atoms with Gasteiger partial charge in [-0.3, -0.25) is 19.8 Å². The van der Waals surface area contributed by atoms with Gasteiger partial charge in [-0.1, -0.05) is 71.7 Å². The van der Waals surface area contributed by atoms with Crippen LogP contribution in [0, 0.1) is 22.9 Å². The first-order valence-electron chi connectivity index (χ1n) is 19.4. The molecular weight excluding hydrogens is 830 g/mol. The third-order valence-corrected chi connectivity index (χ3v) is 11.3. The lowest BCUT2D eigenvalue weighted by molar-refractivity contribution is -0.605. The molecule has 4 aromatic rings. The molecule has 1 aliphatic carbocycles. The molecule has 3 saturated heterocycles. The van der Waals surface area contributed by atoms with Crippen LogP contribution < -0.4 is 19.5 Å². The van der Waals surface area contributed by atoms with Gasteiger partial charge in [-0.2, -0.15) is 13.5 Å². The Morgan fingerprint density at radius 1 is 0.967 bits per heavy atom. The molecule has 2 unspecified atom stereocenters. The number of carbonyl (C=O) groups is 3. The molecule has 1 aromatic heterocycles. The second kappa shape index (κ2) is 20.9. The van der Waals surface area contributed by atoms with E-state index in [1.807, 2.05) is 6.07 Å². The Labute approximate surface area is 354 Å². The molecule has 0 amide bonds. The number of piperidine rings is 3. The minimum atomic E-state index is -3.09.